The molecule has 212 valence electrons. The minimum atomic E-state index is -0.840. The number of carbonyl (C=O) groups is 2. The van der Waals surface area contributed by atoms with Gasteiger partial charge >= 0.3 is 7.12 Å². The molecule has 1 aromatic rings. The van der Waals surface area contributed by atoms with Crippen LogP contribution >= 0.6 is 12.4 Å². The molecule has 4 fully saturated rings. The van der Waals surface area contributed by atoms with Crippen molar-refractivity contribution < 1.29 is 18.9 Å². The number of amides is 2. The number of hydrogen-bond donors (Lipinski definition) is 3. The van der Waals surface area contributed by atoms with Gasteiger partial charge in [0.2, 0.25) is 5.91 Å². The van der Waals surface area contributed by atoms with E-state index in [0.717, 1.165) is 25.7 Å². The van der Waals surface area contributed by atoms with Gasteiger partial charge in [0.25, 0.3) is 5.91 Å². The summed E-state index contributed by atoms with van der Waals surface area (Å²) < 4.78 is 13.1. The third kappa shape index (κ3) is 6.09. The first-order chi connectivity index (χ1) is 17.5. The van der Waals surface area contributed by atoms with E-state index in [2.05, 4.69) is 52.2 Å². The average molecular weight is 548 g/mol. The molecule has 1 aliphatic heterocycles. The van der Waals surface area contributed by atoms with Crippen LogP contribution in [0, 0.1) is 23.2 Å². The summed E-state index contributed by atoms with van der Waals surface area (Å²) in [5.41, 5.74) is 7.58. The molecule has 1 saturated heterocycles. The highest BCUT2D eigenvalue weighted by molar-refractivity contribution is 6.48. The molecule has 4 aliphatic rings. The molecule has 3 saturated carbocycles. The molecule has 2 bridgehead atoms. The number of carbonyl (C=O) groups excluding carboxylic acids is 2. The Labute approximate surface area is 235 Å². The molecule has 38 heavy (non-hydrogen) atoms. The third-order valence-electron chi connectivity index (χ3n) is 9.24. The van der Waals surface area contributed by atoms with Gasteiger partial charge in [0.15, 0.2) is 0 Å². The number of nitrogens with one attached hydrogen (secondary N) is 2. The molecule has 0 spiro atoms. The quantitative estimate of drug-likeness (QED) is 0.358. The summed E-state index contributed by atoms with van der Waals surface area (Å²) in [6, 6.07) is 6.72. The van der Waals surface area contributed by atoms with Crippen molar-refractivity contribution in [2.75, 3.05) is 6.54 Å². The topological polar surface area (TPSA) is 103 Å². The molecule has 7 nitrogen and oxygen atoms in total. The normalized spacial score (nSPS) is 28.5. The highest BCUT2D eigenvalue weighted by Gasteiger charge is 2.68. The van der Waals surface area contributed by atoms with Crippen molar-refractivity contribution in [1.82, 2.24) is 10.6 Å². The summed E-state index contributed by atoms with van der Waals surface area (Å²) >= 11 is 0. The van der Waals surface area contributed by atoms with Crippen LogP contribution in [-0.2, 0) is 20.5 Å². The smallest absolute Gasteiger partial charge is 0.404 e. The number of aryl methyl sites for hydroxylation is 1. The number of benzene rings is 1. The fourth-order valence-corrected chi connectivity index (χ4v) is 6.78. The van der Waals surface area contributed by atoms with Crippen molar-refractivity contribution in [2.45, 2.75) is 104 Å². The standard InChI is InChI=1S/C29H46BN3O4.ClH/c1-7-8-9-19-10-12-20(13-11-19)26(34)32-22(17-31)27(35)33-25(14-18(2)3)30-36-24-16-21-15-23(28(21,4)5)29(24,6)37-30;/h10-13,18,21-25H,7-9,14-17,31H2,1-6H3,(H,32,34)(H,33,35);1H/t21-,22-,23-,24+,25-,29-;/m0./s1. The van der Waals surface area contributed by atoms with E-state index in [-0.39, 0.29) is 53.8 Å². The summed E-state index contributed by atoms with van der Waals surface area (Å²) in [6.07, 6.45) is 6.17. The Morgan fingerprint density at radius 2 is 1.82 bits per heavy atom. The van der Waals surface area contributed by atoms with Gasteiger partial charge in [-0.2, -0.15) is 0 Å². The van der Waals surface area contributed by atoms with Gasteiger partial charge < -0.3 is 25.7 Å². The van der Waals surface area contributed by atoms with E-state index in [4.69, 9.17) is 15.0 Å². The van der Waals surface area contributed by atoms with Crippen molar-refractivity contribution in [1.29, 1.82) is 0 Å². The van der Waals surface area contributed by atoms with E-state index in [1.54, 1.807) is 0 Å². The van der Waals surface area contributed by atoms with E-state index in [9.17, 15) is 9.59 Å². The van der Waals surface area contributed by atoms with Crippen LogP contribution in [-0.4, -0.2) is 49.2 Å². The Morgan fingerprint density at radius 3 is 2.39 bits per heavy atom. The predicted octanol–water partition coefficient (Wildman–Crippen LogP) is 4.31. The summed E-state index contributed by atoms with van der Waals surface area (Å²) in [5, 5.41) is 5.94. The van der Waals surface area contributed by atoms with Crippen LogP contribution in [0.15, 0.2) is 24.3 Å². The second-order valence-corrected chi connectivity index (χ2v) is 12.6. The Bertz CT molecular complexity index is 975. The molecule has 6 atom stereocenters. The van der Waals surface area contributed by atoms with E-state index < -0.39 is 13.2 Å². The number of nitrogens with two attached hydrogens (primary N) is 1. The van der Waals surface area contributed by atoms with Gasteiger partial charge in [0, 0.05) is 12.1 Å². The molecule has 1 aromatic carbocycles. The third-order valence-corrected chi connectivity index (χ3v) is 9.24. The Balaban J connectivity index is 0.00000400. The number of unbranched alkanes of at least 4 members (excludes halogenated alkanes) is 1. The maximum absolute atomic E-state index is 13.3. The van der Waals surface area contributed by atoms with Crippen LogP contribution < -0.4 is 16.4 Å². The highest BCUT2D eigenvalue weighted by atomic mass is 35.5. The zero-order chi connectivity index (χ0) is 27.0. The van der Waals surface area contributed by atoms with Gasteiger partial charge in [-0.3, -0.25) is 9.59 Å². The molecule has 2 amide bonds. The number of halogens is 1. The molecule has 1 heterocycles. The van der Waals surface area contributed by atoms with E-state index in [1.165, 1.54) is 12.0 Å². The van der Waals surface area contributed by atoms with Gasteiger partial charge in [-0.1, -0.05) is 53.2 Å². The van der Waals surface area contributed by atoms with E-state index in [1.807, 2.05) is 24.3 Å². The second-order valence-electron chi connectivity index (χ2n) is 12.6. The second kappa shape index (κ2) is 12.3. The minimum Gasteiger partial charge on any atom is -0.404 e. The van der Waals surface area contributed by atoms with Crippen molar-refractivity contribution in [3.8, 4) is 0 Å². The van der Waals surface area contributed by atoms with Crippen molar-refractivity contribution in [3.05, 3.63) is 35.4 Å². The van der Waals surface area contributed by atoms with Crippen LogP contribution in [0.1, 0.15) is 89.6 Å². The average Bonchev–Trinajstić information content (AvgIpc) is 3.22. The zero-order valence-electron chi connectivity index (χ0n) is 23.9. The van der Waals surface area contributed by atoms with Crippen LogP contribution in [0.25, 0.3) is 0 Å². The van der Waals surface area contributed by atoms with Crippen molar-refractivity contribution >= 4 is 31.3 Å². The van der Waals surface area contributed by atoms with Crippen LogP contribution in [0.4, 0.5) is 0 Å². The number of hydrogen-bond acceptors (Lipinski definition) is 5. The lowest BCUT2D eigenvalue weighted by atomic mass is 9.43. The molecule has 9 heteroatoms. The molecular formula is C29H47BClN3O4. The lowest BCUT2D eigenvalue weighted by Gasteiger charge is -2.64. The van der Waals surface area contributed by atoms with Gasteiger partial charge in [-0.25, -0.2) is 0 Å². The largest absolute Gasteiger partial charge is 0.481 e. The van der Waals surface area contributed by atoms with E-state index in [0.29, 0.717) is 29.7 Å². The fourth-order valence-electron chi connectivity index (χ4n) is 6.78. The summed E-state index contributed by atoms with van der Waals surface area (Å²) in [6.45, 7) is 13.3. The molecule has 0 aromatic heterocycles. The van der Waals surface area contributed by atoms with Gasteiger partial charge in [-0.15, -0.1) is 12.4 Å². The first-order valence-corrected chi connectivity index (χ1v) is 14.2. The number of rotatable bonds is 11. The van der Waals surface area contributed by atoms with Crippen molar-refractivity contribution in [2.24, 2.45) is 28.9 Å². The van der Waals surface area contributed by atoms with Gasteiger partial charge in [0.1, 0.15) is 6.04 Å². The molecular weight excluding hydrogens is 501 g/mol. The van der Waals surface area contributed by atoms with Gasteiger partial charge in [0.05, 0.1) is 17.6 Å². The molecule has 5 rings (SSSR count). The van der Waals surface area contributed by atoms with E-state index >= 15 is 0 Å². The van der Waals surface area contributed by atoms with Gasteiger partial charge in [-0.05, 0) is 79.9 Å². The maximum atomic E-state index is 13.3. The maximum Gasteiger partial charge on any atom is 0.481 e. The fraction of sp³-hybridized carbons (Fsp3) is 0.724. The summed E-state index contributed by atoms with van der Waals surface area (Å²) in [5.74, 6) is 0.510. The zero-order valence-corrected chi connectivity index (χ0v) is 24.7. The Kier molecular flexibility index (Phi) is 9.99. The van der Waals surface area contributed by atoms with Crippen LogP contribution in [0.2, 0.25) is 0 Å². The summed E-state index contributed by atoms with van der Waals surface area (Å²) in [4.78, 5) is 26.2. The predicted molar refractivity (Wildman–Crippen MR) is 154 cm³/mol. The molecule has 4 N–H and O–H groups in total. The summed E-state index contributed by atoms with van der Waals surface area (Å²) in [7, 11) is -0.513. The first-order valence-electron chi connectivity index (χ1n) is 14.2. The Hall–Kier alpha value is -1.61. The molecule has 0 unspecified atom stereocenters. The Morgan fingerprint density at radius 1 is 1.13 bits per heavy atom. The van der Waals surface area contributed by atoms with Crippen LogP contribution in [0.5, 0.6) is 0 Å². The van der Waals surface area contributed by atoms with Crippen molar-refractivity contribution in [3.63, 3.8) is 0 Å². The molecule has 3 aliphatic carbocycles. The monoisotopic (exact) mass is 547 g/mol. The minimum absolute atomic E-state index is 0. The highest BCUT2D eigenvalue weighted by Crippen LogP contribution is 2.65. The SMILES string of the molecule is CCCCc1ccc(C(=O)N[C@@H](CN)C(=O)N[C@@H](CC(C)C)B2O[C@@H]3C[C@@H]4C[C@@H](C4(C)C)[C@]3(C)O2)cc1.Cl. The lowest BCUT2D eigenvalue weighted by molar-refractivity contribution is -0.199. The first kappa shape index (κ1) is 30.9. The van der Waals surface area contributed by atoms with Crippen LogP contribution in [0.3, 0.4) is 0 Å². The lowest BCUT2D eigenvalue weighted by Crippen LogP contribution is -2.65. The molecule has 0 radical (unpaired) electrons.